The highest BCUT2D eigenvalue weighted by Gasteiger charge is 2.17. The average Bonchev–Trinajstić information content (AvgIpc) is 2.69. The summed E-state index contributed by atoms with van der Waals surface area (Å²) in [5.41, 5.74) is 3.03. The van der Waals surface area contributed by atoms with Gasteiger partial charge in [0.1, 0.15) is 11.5 Å². The van der Waals surface area contributed by atoms with E-state index in [2.05, 4.69) is 12.1 Å². The number of halogens is 1. The van der Waals surface area contributed by atoms with Crippen LogP contribution < -0.4 is 31.0 Å². The number of aromatic nitrogens is 1. The molecule has 2 aromatic carbocycles. The fraction of sp³-hybridized carbons (Fsp3) is 0.182. The van der Waals surface area contributed by atoms with Crippen LogP contribution in [0.5, 0.6) is 11.5 Å². The van der Waals surface area contributed by atoms with Crippen LogP contribution in [0.3, 0.4) is 0 Å². The lowest BCUT2D eigenvalue weighted by Crippen LogP contribution is -3.00. The third-order valence-electron chi connectivity index (χ3n) is 4.25. The summed E-state index contributed by atoms with van der Waals surface area (Å²) in [7, 11) is 3.14. The number of carbonyl (C=O) groups excluding carboxylic acids is 1. The van der Waals surface area contributed by atoms with Crippen molar-refractivity contribution < 1.29 is 35.8 Å². The molecule has 3 aromatic rings. The molecule has 1 heterocycles. The molecule has 0 aliphatic carbocycles. The first-order valence-electron chi connectivity index (χ1n) is 8.46. The summed E-state index contributed by atoms with van der Waals surface area (Å²) in [4.78, 5) is 12.6. The minimum absolute atomic E-state index is 0. The van der Waals surface area contributed by atoms with Crippen LogP contribution in [-0.4, -0.2) is 20.0 Å². The van der Waals surface area contributed by atoms with Gasteiger partial charge in [-0.15, -0.1) is 0 Å². The zero-order valence-corrected chi connectivity index (χ0v) is 17.0. The Labute approximate surface area is 170 Å². The highest BCUT2D eigenvalue weighted by molar-refractivity contribution is 5.97. The van der Waals surface area contributed by atoms with Gasteiger partial charge in [-0.1, -0.05) is 30.3 Å². The van der Waals surface area contributed by atoms with Crippen LogP contribution in [0.4, 0.5) is 0 Å². The van der Waals surface area contributed by atoms with Gasteiger partial charge in [-0.05, 0) is 29.7 Å². The van der Waals surface area contributed by atoms with Crippen molar-refractivity contribution in [2.75, 3.05) is 14.2 Å². The third kappa shape index (κ3) is 5.41. The van der Waals surface area contributed by atoms with Crippen LogP contribution in [0.2, 0.25) is 0 Å². The number of Topliss-reactive ketones (excluding diaryl/α,β-unsaturated/α-hetero) is 1. The fourth-order valence-corrected chi connectivity index (χ4v) is 2.82. The molecule has 3 rings (SSSR count). The highest BCUT2D eigenvalue weighted by atomic mass is 79.9. The fourth-order valence-electron chi connectivity index (χ4n) is 2.82. The minimum atomic E-state index is -0.00897. The molecule has 0 unspecified atom stereocenters. The van der Waals surface area contributed by atoms with E-state index >= 15 is 0 Å². The number of benzene rings is 2. The van der Waals surface area contributed by atoms with Gasteiger partial charge in [0, 0.05) is 18.2 Å². The molecular formula is C22H22BrNO3. The topological polar surface area (TPSA) is 39.4 Å². The second kappa shape index (κ2) is 9.88. The maximum absolute atomic E-state index is 12.6. The molecule has 4 nitrogen and oxygen atoms in total. The summed E-state index contributed by atoms with van der Waals surface area (Å²) in [5.74, 6) is 1.18. The average molecular weight is 428 g/mol. The third-order valence-corrected chi connectivity index (χ3v) is 4.25. The lowest BCUT2D eigenvalue weighted by Gasteiger charge is -2.08. The number of carbonyl (C=O) groups is 1. The summed E-state index contributed by atoms with van der Waals surface area (Å²) in [6.45, 7) is 0.258. The van der Waals surface area contributed by atoms with Crippen LogP contribution in [0.15, 0.2) is 73.1 Å². The van der Waals surface area contributed by atoms with Crippen molar-refractivity contribution in [3.05, 3.63) is 89.7 Å². The van der Waals surface area contributed by atoms with Crippen LogP contribution in [0.25, 0.3) is 0 Å². The van der Waals surface area contributed by atoms with Gasteiger partial charge in [0.15, 0.2) is 12.4 Å². The maximum atomic E-state index is 12.6. The zero-order chi connectivity index (χ0) is 18.4. The van der Waals surface area contributed by atoms with E-state index in [9.17, 15) is 4.79 Å². The van der Waals surface area contributed by atoms with E-state index in [1.807, 2.05) is 47.3 Å². The minimum Gasteiger partial charge on any atom is -1.00 e. The molecule has 0 saturated carbocycles. The van der Waals surface area contributed by atoms with E-state index in [1.54, 1.807) is 32.4 Å². The molecule has 0 aliphatic heterocycles. The van der Waals surface area contributed by atoms with Gasteiger partial charge < -0.3 is 26.5 Å². The van der Waals surface area contributed by atoms with E-state index < -0.39 is 0 Å². The van der Waals surface area contributed by atoms with Crippen molar-refractivity contribution in [2.45, 2.75) is 13.0 Å². The molecule has 5 heteroatoms. The molecule has 0 spiro atoms. The van der Waals surface area contributed by atoms with Crippen molar-refractivity contribution in [3.63, 3.8) is 0 Å². The molecule has 0 fully saturated rings. The number of pyridine rings is 1. The van der Waals surface area contributed by atoms with Crippen molar-refractivity contribution >= 4 is 5.78 Å². The first-order valence-corrected chi connectivity index (χ1v) is 8.46. The van der Waals surface area contributed by atoms with Gasteiger partial charge >= 0.3 is 0 Å². The summed E-state index contributed by atoms with van der Waals surface area (Å²) in [6.07, 6.45) is 4.75. The number of rotatable bonds is 7. The molecule has 0 saturated heterocycles. The Morgan fingerprint density at radius 2 is 1.56 bits per heavy atom. The highest BCUT2D eigenvalue weighted by Crippen LogP contribution is 2.24. The van der Waals surface area contributed by atoms with Gasteiger partial charge in [-0.25, -0.2) is 0 Å². The van der Waals surface area contributed by atoms with Gasteiger partial charge in [0.25, 0.3) is 0 Å². The van der Waals surface area contributed by atoms with E-state index in [0.717, 1.165) is 6.42 Å². The van der Waals surface area contributed by atoms with Crippen molar-refractivity contribution in [3.8, 4) is 11.5 Å². The Morgan fingerprint density at radius 1 is 0.889 bits per heavy atom. The Kier molecular flexibility index (Phi) is 7.55. The van der Waals surface area contributed by atoms with E-state index in [-0.39, 0.29) is 29.3 Å². The number of hydrogen-bond acceptors (Lipinski definition) is 3. The molecular weight excluding hydrogens is 406 g/mol. The summed E-state index contributed by atoms with van der Waals surface area (Å²) in [5, 5.41) is 0. The Hall–Kier alpha value is -2.66. The quantitative estimate of drug-likeness (QED) is 0.406. The van der Waals surface area contributed by atoms with Crippen LogP contribution in [0, 0.1) is 0 Å². The Bertz CT molecular complexity index is 880. The number of nitrogens with zero attached hydrogens (tertiary/aromatic N) is 1. The SMILES string of the molecule is COc1ccc(C(=O)C[n+]2ccc(Cc3ccccc3)cc2)c(OC)c1.[Br-]. The van der Waals surface area contributed by atoms with Gasteiger partial charge in [-0.3, -0.25) is 4.79 Å². The molecule has 0 atom stereocenters. The molecule has 0 N–H and O–H groups in total. The summed E-state index contributed by atoms with van der Waals surface area (Å²) < 4.78 is 12.4. The lowest BCUT2D eigenvalue weighted by atomic mass is 10.1. The first kappa shape index (κ1) is 20.6. The zero-order valence-electron chi connectivity index (χ0n) is 15.4. The summed E-state index contributed by atoms with van der Waals surface area (Å²) >= 11 is 0. The number of ketones is 1. The van der Waals surface area contributed by atoms with Gasteiger partial charge in [-0.2, -0.15) is 4.57 Å². The number of hydrogen-bond donors (Lipinski definition) is 0. The first-order chi connectivity index (χ1) is 12.7. The van der Waals surface area contributed by atoms with Gasteiger partial charge in [0.2, 0.25) is 12.3 Å². The number of methoxy groups -OCH3 is 2. The van der Waals surface area contributed by atoms with E-state index in [0.29, 0.717) is 17.1 Å². The standard InChI is InChI=1S/C22H22NO3.BrH/c1-25-19-8-9-20(22(15-19)26-2)21(24)16-23-12-10-18(11-13-23)14-17-6-4-3-5-7-17;/h3-13,15H,14,16H2,1-2H3;1H/q+1;/p-1. The Balaban J connectivity index is 0.00000261. The van der Waals surface area contributed by atoms with Crippen LogP contribution in [0.1, 0.15) is 21.5 Å². The van der Waals surface area contributed by atoms with Crippen LogP contribution in [-0.2, 0) is 13.0 Å². The monoisotopic (exact) mass is 427 g/mol. The molecule has 0 radical (unpaired) electrons. The predicted octanol–water partition coefficient (Wildman–Crippen LogP) is 0.469. The maximum Gasteiger partial charge on any atom is 0.231 e. The van der Waals surface area contributed by atoms with E-state index in [1.165, 1.54) is 11.1 Å². The normalized spacial score (nSPS) is 10.0. The molecule has 1 aromatic heterocycles. The largest absolute Gasteiger partial charge is 1.00 e. The predicted molar refractivity (Wildman–Crippen MR) is 99.8 cm³/mol. The molecule has 140 valence electrons. The number of ether oxygens (including phenoxy) is 2. The molecule has 27 heavy (non-hydrogen) atoms. The smallest absolute Gasteiger partial charge is 0.231 e. The lowest BCUT2D eigenvalue weighted by molar-refractivity contribution is -0.683. The molecule has 0 amide bonds. The van der Waals surface area contributed by atoms with Crippen molar-refractivity contribution in [1.82, 2.24) is 0 Å². The molecule has 0 aliphatic rings. The summed E-state index contributed by atoms with van der Waals surface area (Å²) in [6, 6.07) is 19.6. The Morgan fingerprint density at radius 3 is 2.19 bits per heavy atom. The van der Waals surface area contributed by atoms with E-state index in [4.69, 9.17) is 9.47 Å². The van der Waals surface area contributed by atoms with Crippen molar-refractivity contribution in [2.24, 2.45) is 0 Å². The van der Waals surface area contributed by atoms with Crippen molar-refractivity contribution in [1.29, 1.82) is 0 Å². The second-order valence-electron chi connectivity index (χ2n) is 6.03. The van der Waals surface area contributed by atoms with Gasteiger partial charge in [0.05, 0.1) is 19.8 Å². The molecule has 0 bridgehead atoms. The van der Waals surface area contributed by atoms with Crippen LogP contribution >= 0.6 is 0 Å². The second-order valence-corrected chi connectivity index (χ2v) is 6.03.